The molecule has 0 fully saturated rings. The number of carboxylic acids is 1. The van der Waals surface area contributed by atoms with Gasteiger partial charge in [-0.3, -0.25) is 0 Å². The molecule has 0 aliphatic heterocycles. The highest BCUT2D eigenvalue weighted by molar-refractivity contribution is 5.87. The second-order valence-corrected chi connectivity index (χ2v) is 8.97. The Bertz CT molecular complexity index is 934. The molecule has 0 heterocycles. The van der Waals surface area contributed by atoms with Crippen molar-refractivity contribution in [2.45, 2.75) is 57.8 Å². The number of carboxylic acid groups (broad SMARTS) is 1. The Morgan fingerprint density at radius 2 is 1.43 bits per heavy atom. The summed E-state index contributed by atoms with van der Waals surface area (Å²) in [4.78, 5) is 10.9. The van der Waals surface area contributed by atoms with Crippen LogP contribution in [0.5, 0.6) is 5.75 Å². The molecule has 0 radical (unpaired) electrons. The summed E-state index contributed by atoms with van der Waals surface area (Å²) >= 11 is 0. The Morgan fingerprint density at radius 1 is 0.929 bits per heavy atom. The van der Waals surface area contributed by atoms with Crippen LogP contribution in [0, 0.1) is 0 Å². The maximum Gasteiger partial charge on any atom is 0.335 e. The van der Waals surface area contributed by atoms with E-state index in [0.717, 1.165) is 18.4 Å². The van der Waals surface area contributed by atoms with Gasteiger partial charge in [0, 0.05) is 5.56 Å². The van der Waals surface area contributed by atoms with Crippen molar-refractivity contribution in [1.82, 2.24) is 0 Å². The molecule has 4 nitrogen and oxygen atoms in total. The molecule has 0 bridgehead atoms. The first-order valence-electron chi connectivity index (χ1n) is 9.61. The molecule has 0 amide bonds. The van der Waals surface area contributed by atoms with E-state index < -0.39 is 5.97 Å². The van der Waals surface area contributed by atoms with Gasteiger partial charge in [0.05, 0.1) is 5.56 Å². The van der Waals surface area contributed by atoms with Crippen molar-refractivity contribution in [3.05, 3.63) is 70.3 Å². The third kappa shape index (κ3) is 3.77. The Balaban J connectivity index is 1.90. The summed E-state index contributed by atoms with van der Waals surface area (Å²) in [5.74, 6) is -0.692. The second kappa shape index (κ2) is 7.01. The van der Waals surface area contributed by atoms with E-state index in [4.69, 9.17) is 5.11 Å². The number of fused-ring (bicyclic) bond motifs is 1. The van der Waals surface area contributed by atoms with E-state index in [9.17, 15) is 15.0 Å². The van der Waals surface area contributed by atoms with Gasteiger partial charge < -0.3 is 15.3 Å². The average molecular weight is 380 g/mol. The summed E-state index contributed by atoms with van der Waals surface area (Å²) in [6.45, 7) is 8.90. The van der Waals surface area contributed by atoms with Crippen molar-refractivity contribution < 1.29 is 20.1 Å². The van der Waals surface area contributed by atoms with Gasteiger partial charge in [-0.1, -0.05) is 45.9 Å². The number of aromatic hydroxyl groups is 1. The van der Waals surface area contributed by atoms with Crippen molar-refractivity contribution in [2.75, 3.05) is 0 Å². The molecule has 0 saturated heterocycles. The van der Waals surface area contributed by atoms with Crippen molar-refractivity contribution in [2.24, 2.45) is 0 Å². The van der Waals surface area contributed by atoms with Crippen LogP contribution in [0.3, 0.4) is 0 Å². The Labute approximate surface area is 166 Å². The van der Waals surface area contributed by atoms with Gasteiger partial charge in [0.1, 0.15) is 11.5 Å². The van der Waals surface area contributed by atoms with Crippen molar-refractivity contribution in [3.8, 4) is 5.75 Å². The number of benzene rings is 2. The third-order valence-corrected chi connectivity index (χ3v) is 5.99. The summed E-state index contributed by atoms with van der Waals surface area (Å²) in [7, 11) is 0. The summed E-state index contributed by atoms with van der Waals surface area (Å²) in [6, 6.07) is 10.0. The minimum Gasteiger partial charge on any atom is -0.508 e. The monoisotopic (exact) mass is 380 g/mol. The largest absolute Gasteiger partial charge is 0.508 e. The quantitative estimate of drug-likeness (QED) is 0.605. The maximum absolute atomic E-state index is 10.9. The minimum atomic E-state index is -1.00. The Morgan fingerprint density at radius 3 is 1.96 bits per heavy atom. The van der Waals surface area contributed by atoms with Gasteiger partial charge >= 0.3 is 5.97 Å². The molecule has 4 heteroatoms. The summed E-state index contributed by atoms with van der Waals surface area (Å²) in [5.41, 5.74) is 4.03. The fourth-order valence-electron chi connectivity index (χ4n) is 3.92. The smallest absolute Gasteiger partial charge is 0.335 e. The zero-order valence-electron chi connectivity index (χ0n) is 16.9. The molecule has 2 aromatic carbocycles. The number of aromatic carboxylic acids is 1. The normalized spacial score (nSPS) is 17.8. The molecule has 28 heavy (non-hydrogen) atoms. The number of hydrogen-bond donors (Lipinski definition) is 3. The molecule has 2 aromatic rings. The van der Waals surface area contributed by atoms with Gasteiger partial charge in [-0.05, 0) is 71.1 Å². The lowest BCUT2D eigenvalue weighted by atomic mass is 9.63. The van der Waals surface area contributed by atoms with E-state index in [1.807, 2.05) is 6.07 Å². The van der Waals surface area contributed by atoms with Gasteiger partial charge in [-0.2, -0.15) is 0 Å². The fraction of sp³-hybridized carbons (Fsp3) is 0.375. The maximum atomic E-state index is 10.9. The standard InChI is InChI=1S/C24H28O4/c1-23(2)11-12-24(3,4)19-14-21(26)17(13-18(19)23)9-10-20(25)15-5-7-16(8-6-15)22(27)28/h5-8,10,13-14,25-26H,9,11-12H2,1-4H3,(H,27,28). The van der Waals surface area contributed by atoms with Gasteiger partial charge in [0.25, 0.3) is 0 Å². The molecular formula is C24H28O4. The fourth-order valence-corrected chi connectivity index (χ4v) is 3.92. The molecule has 0 spiro atoms. The zero-order valence-corrected chi connectivity index (χ0v) is 16.9. The summed E-state index contributed by atoms with van der Waals surface area (Å²) < 4.78 is 0. The third-order valence-electron chi connectivity index (χ3n) is 5.99. The predicted molar refractivity (Wildman–Crippen MR) is 111 cm³/mol. The van der Waals surface area contributed by atoms with Gasteiger partial charge in [-0.25, -0.2) is 4.79 Å². The van der Waals surface area contributed by atoms with Crippen molar-refractivity contribution >= 4 is 11.7 Å². The number of carbonyl (C=O) groups is 1. The van der Waals surface area contributed by atoms with Crippen molar-refractivity contribution in [1.29, 1.82) is 0 Å². The first-order valence-corrected chi connectivity index (χ1v) is 9.61. The molecule has 3 rings (SSSR count). The topological polar surface area (TPSA) is 77.8 Å². The number of allylic oxidation sites excluding steroid dienone is 1. The molecule has 0 atom stereocenters. The van der Waals surface area contributed by atoms with Gasteiger partial charge in [0.15, 0.2) is 0 Å². The summed E-state index contributed by atoms with van der Waals surface area (Å²) in [5, 5.41) is 29.9. The Kier molecular flexibility index (Phi) is 5.00. The van der Waals surface area contributed by atoms with Crippen LogP contribution in [0.4, 0.5) is 0 Å². The van der Waals surface area contributed by atoms with E-state index in [2.05, 4.69) is 33.8 Å². The van der Waals surface area contributed by atoms with Gasteiger partial charge in [-0.15, -0.1) is 0 Å². The zero-order chi connectivity index (χ0) is 20.7. The van der Waals surface area contributed by atoms with E-state index in [-0.39, 0.29) is 27.9 Å². The lowest BCUT2D eigenvalue weighted by Crippen LogP contribution is -2.33. The van der Waals surface area contributed by atoms with Crippen LogP contribution in [0.25, 0.3) is 5.76 Å². The van der Waals surface area contributed by atoms with Crippen LogP contribution in [0.15, 0.2) is 42.5 Å². The molecule has 0 saturated carbocycles. The number of aliphatic hydroxyl groups excluding tert-OH is 1. The first kappa shape index (κ1) is 20.0. The SMILES string of the molecule is CC1(C)CCC(C)(C)c2cc(CC=C(O)c3ccc(C(=O)O)cc3)c(O)cc21. The van der Waals surface area contributed by atoms with E-state index >= 15 is 0 Å². The van der Waals surface area contributed by atoms with Crippen LogP contribution in [-0.2, 0) is 17.3 Å². The van der Waals surface area contributed by atoms with Crippen molar-refractivity contribution in [3.63, 3.8) is 0 Å². The van der Waals surface area contributed by atoms with Crippen LogP contribution in [0.1, 0.15) is 73.1 Å². The lowest BCUT2D eigenvalue weighted by Gasteiger charge is -2.42. The highest BCUT2D eigenvalue weighted by atomic mass is 16.4. The number of phenols is 1. The summed E-state index contributed by atoms with van der Waals surface area (Å²) in [6.07, 6.45) is 4.22. The number of aliphatic hydroxyl groups is 1. The van der Waals surface area contributed by atoms with Gasteiger partial charge in [0.2, 0.25) is 0 Å². The first-order chi connectivity index (χ1) is 13.0. The number of phenolic OH excluding ortho intramolecular Hbond substituents is 1. The number of hydrogen-bond acceptors (Lipinski definition) is 3. The lowest BCUT2D eigenvalue weighted by molar-refractivity contribution is 0.0697. The molecule has 0 unspecified atom stereocenters. The molecular weight excluding hydrogens is 352 g/mol. The second-order valence-electron chi connectivity index (χ2n) is 8.97. The molecule has 3 N–H and O–H groups in total. The minimum absolute atomic E-state index is 0.0325. The Hall–Kier alpha value is -2.75. The number of rotatable bonds is 4. The highest BCUT2D eigenvalue weighted by Crippen LogP contribution is 2.47. The van der Waals surface area contributed by atoms with Crippen LogP contribution in [0.2, 0.25) is 0 Å². The molecule has 1 aliphatic carbocycles. The predicted octanol–water partition coefficient (Wildman–Crippen LogP) is 5.58. The molecule has 1 aliphatic rings. The molecule has 148 valence electrons. The van der Waals surface area contributed by atoms with E-state index in [0.29, 0.717) is 12.0 Å². The average Bonchev–Trinajstić information content (AvgIpc) is 2.64. The van der Waals surface area contributed by atoms with E-state index in [1.165, 1.54) is 23.3 Å². The van der Waals surface area contributed by atoms with Crippen LogP contribution < -0.4 is 0 Å². The highest BCUT2D eigenvalue weighted by Gasteiger charge is 2.37. The van der Waals surface area contributed by atoms with E-state index in [1.54, 1.807) is 18.2 Å². The molecule has 0 aromatic heterocycles. The van der Waals surface area contributed by atoms with Crippen LogP contribution >= 0.6 is 0 Å². The van der Waals surface area contributed by atoms with Crippen LogP contribution in [-0.4, -0.2) is 21.3 Å².